The van der Waals surface area contributed by atoms with Crippen LogP contribution in [0.3, 0.4) is 0 Å². The molecule has 3 unspecified atom stereocenters. The number of hydrogen-bond donors (Lipinski definition) is 1. The standard InChI is InChI=1S/C30H31FN4O2/c1-30-14-13-22-20-10-8-19(15-17(20)7-9-23(22)24(30)11-12-25(30)36)37-29-33-27(32-28(31)34-29)26-21-6-4-3-5-18(21)16-35(26)2/h3-6,8,10,15-16,22-25,36H,7,9,11-14H2,1-2H3/t22?,23-,24?,25?,30+/m1/s1. The molecule has 1 N–H and O–H groups in total. The van der Waals surface area contributed by atoms with Gasteiger partial charge in [-0.1, -0.05) is 37.3 Å². The Morgan fingerprint density at radius 3 is 2.81 bits per heavy atom. The van der Waals surface area contributed by atoms with Gasteiger partial charge in [0.1, 0.15) is 5.75 Å². The number of aliphatic hydroxyl groups is 1. The first kappa shape index (κ1) is 22.8. The van der Waals surface area contributed by atoms with Crippen molar-refractivity contribution in [3.63, 3.8) is 0 Å². The molecule has 3 aliphatic carbocycles. The molecule has 0 radical (unpaired) electrons. The number of aromatic nitrogens is 4. The van der Waals surface area contributed by atoms with Gasteiger partial charge in [-0.3, -0.25) is 0 Å². The molecular weight excluding hydrogens is 467 g/mol. The molecule has 37 heavy (non-hydrogen) atoms. The summed E-state index contributed by atoms with van der Waals surface area (Å²) >= 11 is 0. The molecule has 0 spiro atoms. The van der Waals surface area contributed by atoms with Gasteiger partial charge in [0.15, 0.2) is 5.82 Å². The van der Waals surface area contributed by atoms with Crippen LogP contribution in [0.15, 0.2) is 48.7 Å². The first-order valence-electron chi connectivity index (χ1n) is 13.4. The minimum absolute atomic E-state index is 0.0465. The van der Waals surface area contributed by atoms with E-state index in [4.69, 9.17) is 4.74 Å². The van der Waals surface area contributed by atoms with Crippen LogP contribution in [0.5, 0.6) is 11.8 Å². The largest absolute Gasteiger partial charge is 0.424 e. The maximum atomic E-state index is 14.5. The van der Waals surface area contributed by atoms with Crippen LogP contribution in [0.25, 0.3) is 22.3 Å². The van der Waals surface area contributed by atoms with Crippen LogP contribution in [0, 0.1) is 23.3 Å². The van der Waals surface area contributed by atoms with Crippen LogP contribution in [0.4, 0.5) is 4.39 Å². The van der Waals surface area contributed by atoms with Gasteiger partial charge in [-0.15, -0.1) is 4.98 Å². The predicted octanol–water partition coefficient (Wildman–Crippen LogP) is 6.18. The van der Waals surface area contributed by atoms with Gasteiger partial charge < -0.3 is 14.4 Å². The van der Waals surface area contributed by atoms with Gasteiger partial charge in [0.05, 0.1) is 11.8 Å². The summed E-state index contributed by atoms with van der Waals surface area (Å²) < 4.78 is 22.4. The summed E-state index contributed by atoms with van der Waals surface area (Å²) in [7, 11) is 1.90. The van der Waals surface area contributed by atoms with E-state index in [-0.39, 0.29) is 23.4 Å². The lowest BCUT2D eigenvalue weighted by Gasteiger charge is -2.50. The monoisotopic (exact) mass is 498 g/mol. The Bertz CT molecular complexity index is 1520. The fourth-order valence-electron chi connectivity index (χ4n) is 7.75. The minimum Gasteiger partial charge on any atom is -0.424 e. The Balaban J connectivity index is 1.18. The second-order valence-corrected chi connectivity index (χ2v) is 11.4. The van der Waals surface area contributed by atoms with E-state index in [1.807, 2.05) is 48.1 Å². The summed E-state index contributed by atoms with van der Waals surface area (Å²) in [5.41, 5.74) is 3.50. The SMILES string of the molecule is Cn1cc2ccccc2c1-c1nc(F)nc(Oc2ccc3c(c2)CC[C@@H]2C3CC[C@]3(C)C(O)CCC23)n1. The third kappa shape index (κ3) is 3.58. The van der Waals surface area contributed by atoms with Crippen molar-refractivity contribution < 1.29 is 14.2 Å². The quantitative estimate of drug-likeness (QED) is 0.365. The van der Waals surface area contributed by atoms with Crippen molar-refractivity contribution in [3.05, 3.63) is 65.9 Å². The number of fused-ring (bicyclic) bond motifs is 6. The second kappa shape index (κ2) is 8.35. The molecule has 0 saturated heterocycles. The fourth-order valence-corrected chi connectivity index (χ4v) is 7.75. The van der Waals surface area contributed by atoms with E-state index in [0.717, 1.165) is 55.0 Å². The van der Waals surface area contributed by atoms with Crippen LogP contribution in [-0.2, 0) is 13.5 Å². The Kier molecular flexibility index (Phi) is 5.15. The summed E-state index contributed by atoms with van der Waals surface area (Å²) in [4.78, 5) is 12.3. The number of rotatable bonds is 3. The molecule has 7 heteroatoms. The van der Waals surface area contributed by atoms with Crippen LogP contribution in [0.1, 0.15) is 56.1 Å². The van der Waals surface area contributed by atoms with Crippen molar-refractivity contribution in [1.82, 2.24) is 19.5 Å². The summed E-state index contributed by atoms with van der Waals surface area (Å²) in [5.74, 6) is 2.63. The molecule has 3 aliphatic rings. The Morgan fingerprint density at radius 1 is 1.05 bits per heavy atom. The average molecular weight is 499 g/mol. The van der Waals surface area contributed by atoms with Crippen molar-refractivity contribution in [2.24, 2.45) is 24.3 Å². The lowest BCUT2D eigenvalue weighted by atomic mass is 9.55. The molecule has 7 rings (SSSR count). The van der Waals surface area contributed by atoms with Gasteiger partial charge in [0, 0.05) is 24.0 Å². The molecule has 4 aromatic rings. The van der Waals surface area contributed by atoms with Crippen molar-refractivity contribution in [2.45, 2.75) is 57.5 Å². The molecule has 190 valence electrons. The molecule has 5 atom stereocenters. The number of aryl methyl sites for hydroxylation is 2. The maximum absolute atomic E-state index is 14.5. The Labute approximate surface area is 215 Å². The highest BCUT2D eigenvalue weighted by Crippen LogP contribution is 2.61. The van der Waals surface area contributed by atoms with Crippen molar-refractivity contribution >= 4 is 10.8 Å². The maximum Gasteiger partial charge on any atom is 0.328 e. The average Bonchev–Trinajstić information content (AvgIpc) is 3.38. The molecule has 2 saturated carbocycles. The van der Waals surface area contributed by atoms with Crippen molar-refractivity contribution in [2.75, 3.05) is 0 Å². The van der Waals surface area contributed by atoms with E-state index in [1.54, 1.807) is 0 Å². The van der Waals surface area contributed by atoms with Gasteiger partial charge in [-0.2, -0.15) is 14.4 Å². The third-order valence-electron chi connectivity index (χ3n) is 9.56. The van der Waals surface area contributed by atoms with Crippen molar-refractivity contribution in [3.8, 4) is 23.3 Å². The molecular formula is C30H31FN4O2. The van der Waals surface area contributed by atoms with Gasteiger partial charge in [-0.05, 0) is 85.0 Å². The highest BCUT2D eigenvalue weighted by molar-refractivity contribution is 5.94. The summed E-state index contributed by atoms with van der Waals surface area (Å²) in [6.45, 7) is 2.30. The Hall–Kier alpha value is -3.32. The molecule has 6 nitrogen and oxygen atoms in total. The zero-order valence-corrected chi connectivity index (χ0v) is 21.2. The molecule has 0 amide bonds. The van der Waals surface area contributed by atoms with Gasteiger partial charge >= 0.3 is 12.1 Å². The number of halogens is 1. The highest BCUT2D eigenvalue weighted by atomic mass is 19.1. The molecule has 0 bridgehead atoms. The minimum atomic E-state index is -0.866. The summed E-state index contributed by atoms with van der Waals surface area (Å²) in [6, 6.07) is 14.1. The van der Waals surface area contributed by atoms with Crippen molar-refractivity contribution in [1.29, 1.82) is 0 Å². The number of benzene rings is 2. The number of nitrogens with zero attached hydrogens (tertiary/aromatic N) is 4. The fraction of sp³-hybridized carbons (Fsp3) is 0.433. The number of hydrogen-bond acceptors (Lipinski definition) is 5. The van der Waals surface area contributed by atoms with E-state index in [1.165, 1.54) is 11.1 Å². The van der Waals surface area contributed by atoms with Gasteiger partial charge in [0.25, 0.3) is 0 Å². The van der Waals surface area contributed by atoms with E-state index < -0.39 is 6.08 Å². The zero-order chi connectivity index (χ0) is 25.3. The van der Waals surface area contributed by atoms with E-state index >= 15 is 0 Å². The lowest BCUT2D eigenvalue weighted by molar-refractivity contribution is -0.0226. The first-order chi connectivity index (χ1) is 17.9. The van der Waals surface area contributed by atoms with E-state index in [2.05, 4.69) is 34.0 Å². The molecule has 0 aliphatic heterocycles. The van der Waals surface area contributed by atoms with Gasteiger partial charge in [-0.25, -0.2) is 0 Å². The highest BCUT2D eigenvalue weighted by Gasteiger charge is 2.54. The zero-order valence-electron chi connectivity index (χ0n) is 21.2. The van der Waals surface area contributed by atoms with Crippen LogP contribution in [0.2, 0.25) is 0 Å². The Morgan fingerprint density at radius 2 is 1.92 bits per heavy atom. The summed E-state index contributed by atoms with van der Waals surface area (Å²) in [6.07, 6.45) is 7.36. The molecule has 2 aromatic heterocycles. The normalized spacial score (nSPS) is 28.5. The summed E-state index contributed by atoms with van der Waals surface area (Å²) in [5, 5.41) is 12.6. The second-order valence-electron chi connectivity index (χ2n) is 11.4. The number of ether oxygens (including phenoxy) is 1. The molecule has 2 fully saturated rings. The number of aliphatic hydroxyl groups excluding tert-OH is 1. The molecule has 2 heterocycles. The lowest BCUT2D eigenvalue weighted by Crippen LogP contribution is -2.43. The first-order valence-corrected chi connectivity index (χ1v) is 13.4. The van der Waals surface area contributed by atoms with Gasteiger partial charge in [0.2, 0.25) is 0 Å². The molecule has 2 aromatic carbocycles. The smallest absolute Gasteiger partial charge is 0.328 e. The third-order valence-corrected chi connectivity index (χ3v) is 9.56. The van der Waals surface area contributed by atoms with Crippen LogP contribution in [-0.4, -0.2) is 30.7 Å². The van der Waals surface area contributed by atoms with E-state index in [0.29, 0.717) is 23.5 Å². The van der Waals surface area contributed by atoms with E-state index in [9.17, 15) is 9.50 Å². The topological polar surface area (TPSA) is 73.1 Å². The van der Waals surface area contributed by atoms with Crippen LogP contribution >= 0.6 is 0 Å². The van der Waals surface area contributed by atoms with Crippen LogP contribution < -0.4 is 4.74 Å². The predicted molar refractivity (Wildman–Crippen MR) is 139 cm³/mol.